The van der Waals surface area contributed by atoms with Crippen LogP contribution in [0.15, 0.2) is 12.1 Å². The molecule has 1 aromatic carbocycles. The lowest BCUT2D eigenvalue weighted by molar-refractivity contribution is -0.384. The lowest BCUT2D eigenvalue weighted by Gasteiger charge is -2.16. The summed E-state index contributed by atoms with van der Waals surface area (Å²) in [4.78, 5) is 24.3. The second-order valence-corrected chi connectivity index (χ2v) is 5.65. The first-order valence-corrected chi connectivity index (χ1v) is 7.12. The Morgan fingerprint density at radius 1 is 1.50 bits per heavy atom. The predicted octanol–water partition coefficient (Wildman–Crippen LogP) is 3.77. The average molecular weight is 317 g/mol. The Bertz CT molecular complexity index is 563. The largest absolute Gasteiger partial charge is 0.338 e. The van der Waals surface area contributed by atoms with Crippen LogP contribution in [0.4, 0.5) is 5.69 Å². The van der Waals surface area contributed by atoms with Crippen LogP contribution in [-0.2, 0) is 0 Å². The molecule has 5 nitrogen and oxygen atoms in total. The normalized spacial score (nSPS) is 18.4. The Morgan fingerprint density at radius 3 is 2.75 bits per heavy atom. The van der Waals surface area contributed by atoms with Crippen LogP contribution in [0.5, 0.6) is 0 Å². The molecule has 0 radical (unpaired) electrons. The summed E-state index contributed by atoms with van der Waals surface area (Å²) in [6.45, 7) is 3.44. The summed E-state index contributed by atoms with van der Waals surface area (Å²) in [6.07, 6.45) is 1.98. The van der Waals surface area contributed by atoms with Gasteiger partial charge in [0.15, 0.2) is 0 Å². The molecule has 2 rings (SSSR count). The van der Waals surface area contributed by atoms with E-state index < -0.39 is 4.92 Å². The fourth-order valence-corrected chi connectivity index (χ4v) is 2.76. The molecule has 0 N–H and O–H groups in total. The minimum absolute atomic E-state index is 0.0236. The van der Waals surface area contributed by atoms with Crippen molar-refractivity contribution in [3.05, 3.63) is 37.9 Å². The molecule has 1 aliphatic heterocycles. The van der Waals surface area contributed by atoms with Gasteiger partial charge in [-0.05, 0) is 18.4 Å². The fourth-order valence-electron chi connectivity index (χ4n) is 2.36. The second kappa shape index (κ2) is 5.97. The third-order valence-corrected chi connectivity index (χ3v) is 4.40. The molecule has 0 saturated carbocycles. The van der Waals surface area contributed by atoms with Crippen LogP contribution in [0, 0.1) is 16.0 Å². The molecule has 1 saturated heterocycles. The number of hydrogen-bond donors (Lipinski definition) is 0. The molecule has 1 unspecified atom stereocenters. The number of likely N-dealkylation sites (tertiary alicyclic amines) is 1. The number of amides is 1. The van der Waals surface area contributed by atoms with Crippen molar-refractivity contribution >= 4 is 34.8 Å². The zero-order valence-electron chi connectivity index (χ0n) is 10.9. The first-order valence-electron chi connectivity index (χ1n) is 6.36. The molecule has 7 heteroatoms. The van der Waals surface area contributed by atoms with Gasteiger partial charge >= 0.3 is 0 Å². The van der Waals surface area contributed by atoms with Gasteiger partial charge in [-0.2, -0.15) is 0 Å². The molecule has 0 bridgehead atoms. The third kappa shape index (κ3) is 2.88. The number of rotatable bonds is 3. The maximum Gasteiger partial charge on any atom is 0.290 e. The SMILES string of the molecule is CCC1CCN(C(=O)c2cc(Cl)c(Cl)c([N+](=O)[O-])c2)C1. The molecule has 108 valence electrons. The zero-order chi connectivity index (χ0) is 14.9. The second-order valence-electron chi connectivity index (χ2n) is 4.86. The monoisotopic (exact) mass is 316 g/mol. The lowest BCUT2D eigenvalue weighted by Crippen LogP contribution is -2.28. The summed E-state index contributed by atoms with van der Waals surface area (Å²) >= 11 is 11.6. The molecule has 1 heterocycles. The van der Waals surface area contributed by atoms with E-state index in [0.717, 1.165) is 12.8 Å². The van der Waals surface area contributed by atoms with Crippen molar-refractivity contribution in [2.24, 2.45) is 5.92 Å². The molecule has 0 spiro atoms. The molecule has 1 aliphatic rings. The summed E-state index contributed by atoms with van der Waals surface area (Å²) in [5.74, 6) is 0.263. The highest BCUT2D eigenvalue weighted by molar-refractivity contribution is 6.43. The van der Waals surface area contributed by atoms with Crippen LogP contribution in [0.25, 0.3) is 0 Å². The van der Waals surface area contributed by atoms with Gasteiger partial charge in [-0.3, -0.25) is 14.9 Å². The van der Waals surface area contributed by atoms with Gasteiger partial charge in [0.1, 0.15) is 5.02 Å². The summed E-state index contributed by atoms with van der Waals surface area (Å²) in [5.41, 5.74) is -0.128. The maximum absolute atomic E-state index is 12.3. The molecule has 1 atom stereocenters. The topological polar surface area (TPSA) is 63.5 Å². The third-order valence-electron chi connectivity index (χ3n) is 3.60. The Hall–Kier alpha value is -1.33. The van der Waals surface area contributed by atoms with Crippen molar-refractivity contribution < 1.29 is 9.72 Å². The van der Waals surface area contributed by atoms with Crippen LogP contribution >= 0.6 is 23.2 Å². The highest BCUT2D eigenvalue weighted by Gasteiger charge is 2.28. The minimum atomic E-state index is -0.635. The van der Waals surface area contributed by atoms with Gasteiger partial charge in [0.25, 0.3) is 11.6 Å². The van der Waals surface area contributed by atoms with Gasteiger partial charge in [-0.15, -0.1) is 0 Å². The Morgan fingerprint density at radius 2 is 2.20 bits per heavy atom. The Balaban J connectivity index is 2.29. The molecule has 0 aromatic heterocycles. The number of nitro benzene ring substituents is 1. The van der Waals surface area contributed by atoms with E-state index in [2.05, 4.69) is 6.92 Å². The number of benzene rings is 1. The number of carbonyl (C=O) groups is 1. The van der Waals surface area contributed by atoms with Crippen molar-refractivity contribution in [2.45, 2.75) is 19.8 Å². The number of nitrogens with zero attached hydrogens (tertiary/aromatic N) is 2. The van der Waals surface area contributed by atoms with E-state index in [9.17, 15) is 14.9 Å². The van der Waals surface area contributed by atoms with E-state index in [1.165, 1.54) is 12.1 Å². The number of hydrogen-bond acceptors (Lipinski definition) is 3. The molecular formula is C13H14Cl2N2O3. The molecule has 20 heavy (non-hydrogen) atoms. The average Bonchev–Trinajstić information content (AvgIpc) is 2.89. The first-order chi connectivity index (χ1) is 9.43. The minimum Gasteiger partial charge on any atom is -0.338 e. The molecule has 1 fully saturated rings. The Kier molecular flexibility index (Phi) is 4.50. The van der Waals surface area contributed by atoms with Crippen molar-refractivity contribution in [2.75, 3.05) is 13.1 Å². The van der Waals surface area contributed by atoms with Gasteiger partial charge in [0, 0.05) is 24.7 Å². The summed E-state index contributed by atoms with van der Waals surface area (Å²) in [6, 6.07) is 2.58. The first kappa shape index (κ1) is 15.1. The molecule has 0 aliphatic carbocycles. The Labute approximate surface area is 126 Å². The van der Waals surface area contributed by atoms with Crippen molar-refractivity contribution in [1.82, 2.24) is 4.90 Å². The molecular weight excluding hydrogens is 303 g/mol. The molecule has 1 amide bonds. The van der Waals surface area contributed by atoms with E-state index in [0.29, 0.717) is 19.0 Å². The highest BCUT2D eigenvalue weighted by atomic mass is 35.5. The van der Waals surface area contributed by atoms with E-state index >= 15 is 0 Å². The van der Waals surface area contributed by atoms with Crippen molar-refractivity contribution in [3.63, 3.8) is 0 Å². The van der Waals surface area contributed by atoms with E-state index in [1.807, 2.05) is 0 Å². The van der Waals surface area contributed by atoms with Crippen LogP contribution in [0.2, 0.25) is 10.0 Å². The quantitative estimate of drug-likeness (QED) is 0.629. The zero-order valence-corrected chi connectivity index (χ0v) is 12.4. The van der Waals surface area contributed by atoms with Gasteiger partial charge in [-0.1, -0.05) is 36.5 Å². The summed E-state index contributed by atoms with van der Waals surface area (Å²) < 4.78 is 0. The predicted molar refractivity (Wildman–Crippen MR) is 77.4 cm³/mol. The standard InChI is InChI=1S/C13H14Cl2N2O3/c1-2-8-3-4-16(7-8)13(18)9-5-10(14)12(15)11(6-9)17(19)20/h5-6,8H,2-4,7H2,1H3. The van der Waals surface area contributed by atoms with Crippen LogP contribution < -0.4 is 0 Å². The van der Waals surface area contributed by atoms with Crippen LogP contribution in [-0.4, -0.2) is 28.8 Å². The molecule has 1 aromatic rings. The van der Waals surface area contributed by atoms with E-state index in [-0.39, 0.29) is 27.2 Å². The number of carbonyl (C=O) groups excluding carboxylic acids is 1. The van der Waals surface area contributed by atoms with Crippen LogP contribution in [0.3, 0.4) is 0 Å². The summed E-state index contributed by atoms with van der Waals surface area (Å²) in [5, 5.41) is 10.8. The maximum atomic E-state index is 12.3. The number of nitro groups is 1. The van der Waals surface area contributed by atoms with Gasteiger partial charge in [-0.25, -0.2) is 0 Å². The summed E-state index contributed by atoms with van der Waals surface area (Å²) in [7, 11) is 0. The van der Waals surface area contributed by atoms with Crippen LogP contribution in [0.1, 0.15) is 30.1 Å². The smallest absolute Gasteiger partial charge is 0.290 e. The van der Waals surface area contributed by atoms with Gasteiger partial charge in [0.05, 0.1) is 9.95 Å². The van der Waals surface area contributed by atoms with Crippen molar-refractivity contribution in [1.29, 1.82) is 0 Å². The van der Waals surface area contributed by atoms with Crippen molar-refractivity contribution in [3.8, 4) is 0 Å². The highest BCUT2D eigenvalue weighted by Crippen LogP contribution is 2.34. The van der Waals surface area contributed by atoms with E-state index in [4.69, 9.17) is 23.2 Å². The lowest BCUT2D eigenvalue weighted by atomic mass is 10.1. The number of halogens is 2. The van der Waals surface area contributed by atoms with E-state index in [1.54, 1.807) is 4.90 Å². The van der Waals surface area contributed by atoms with Gasteiger partial charge < -0.3 is 4.90 Å². The fraction of sp³-hybridized carbons (Fsp3) is 0.462. The van der Waals surface area contributed by atoms with Gasteiger partial charge in [0.2, 0.25) is 0 Å².